The van der Waals surface area contributed by atoms with E-state index in [1.807, 2.05) is 6.20 Å². The van der Waals surface area contributed by atoms with Crippen molar-refractivity contribution < 1.29 is 0 Å². The van der Waals surface area contributed by atoms with E-state index in [-0.39, 0.29) is 5.41 Å². The highest BCUT2D eigenvalue weighted by atomic mass is 15.1. The first-order valence-corrected chi connectivity index (χ1v) is 11.0. The van der Waals surface area contributed by atoms with E-state index in [1.165, 1.54) is 35.3 Å². The Kier molecular flexibility index (Phi) is 3.95. The standard InChI is InChI=1S/C26H26N4/c1-18-15-22-24(27-17-18)29-25(28-22)26(12-6-13-26)20-10-11-23-19(16-20)7-5-14-30(23)21-8-3-2-4-9-21/h2-4,8-11,15-17H,5-7,12-14H2,1H3,(H,27,28,29). The molecular weight excluding hydrogens is 368 g/mol. The minimum atomic E-state index is -0.00133. The van der Waals surface area contributed by atoms with Crippen LogP contribution in [0, 0.1) is 6.92 Å². The molecule has 0 saturated heterocycles. The predicted octanol–water partition coefficient (Wildman–Crippen LogP) is 5.82. The maximum absolute atomic E-state index is 4.92. The Morgan fingerprint density at radius 3 is 2.67 bits per heavy atom. The van der Waals surface area contributed by atoms with Crippen LogP contribution in [0.3, 0.4) is 0 Å². The zero-order chi connectivity index (χ0) is 20.1. The van der Waals surface area contributed by atoms with Gasteiger partial charge < -0.3 is 9.88 Å². The fourth-order valence-corrected chi connectivity index (χ4v) is 5.19. The van der Waals surface area contributed by atoms with Crippen molar-refractivity contribution in [1.82, 2.24) is 15.0 Å². The third-order valence-electron chi connectivity index (χ3n) is 6.95. The minimum Gasteiger partial charge on any atom is -0.341 e. The highest BCUT2D eigenvalue weighted by Crippen LogP contribution is 2.49. The summed E-state index contributed by atoms with van der Waals surface area (Å²) in [5, 5.41) is 0. The lowest BCUT2D eigenvalue weighted by atomic mass is 9.63. The van der Waals surface area contributed by atoms with Gasteiger partial charge in [-0.25, -0.2) is 9.97 Å². The summed E-state index contributed by atoms with van der Waals surface area (Å²) < 4.78 is 0. The molecule has 1 N–H and O–H groups in total. The second-order valence-electron chi connectivity index (χ2n) is 8.84. The first-order valence-electron chi connectivity index (χ1n) is 11.0. The van der Waals surface area contributed by atoms with Crippen LogP contribution in [0.2, 0.25) is 0 Å². The fraction of sp³-hybridized carbons (Fsp3) is 0.308. The summed E-state index contributed by atoms with van der Waals surface area (Å²) >= 11 is 0. The van der Waals surface area contributed by atoms with Crippen LogP contribution in [0.25, 0.3) is 11.2 Å². The number of para-hydroxylation sites is 1. The topological polar surface area (TPSA) is 44.8 Å². The van der Waals surface area contributed by atoms with Crippen LogP contribution >= 0.6 is 0 Å². The number of benzene rings is 2. The number of imidazole rings is 1. The fourth-order valence-electron chi connectivity index (χ4n) is 5.19. The van der Waals surface area contributed by atoms with Crippen LogP contribution in [0.5, 0.6) is 0 Å². The third kappa shape index (κ3) is 2.67. The number of pyridine rings is 1. The van der Waals surface area contributed by atoms with Crippen LogP contribution < -0.4 is 4.90 Å². The van der Waals surface area contributed by atoms with Crippen molar-refractivity contribution in [2.24, 2.45) is 0 Å². The minimum absolute atomic E-state index is 0.00133. The van der Waals surface area contributed by atoms with Crippen molar-refractivity contribution in [3.63, 3.8) is 0 Å². The smallest absolute Gasteiger partial charge is 0.177 e. The molecule has 2 aromatic carbocycles. The highest BCUT2D eigenvalue weighted by molar-refractivity contribution is 5.72. The molecule has 0 radical (unpaired) electrons. The van der Waals surface area contributed by atoms with Crippen LogP contribution in [0.1, 0.15) is 48.2 Å². The molecule has 0 spiro atoms. The number of H-pyrrole nitrogens is 1. The largest absolute Gasteiger partial charge is 0.341 e. The summed E-state index contributed by atoms with van der Waals surface area (Å²) in [5.74, 6) is 1.08. The number of aryl methyl sites for hydroxylation is 2. The Labute approximate surface area is 177 Å². The summed E-state index contributed by atoms with van der Waals surface area (Å²) in [7, 11) is 0. The molecule has 1 fully saturated rings. The number of anilines is 2. The van der Waals surface area contributed by atoms with Gasteiger partial charge in [0.25, 0.3) is 0 Å². The normalized spacial score (nSPS) is 17.6. The lowest BCUT2D eigenvalue weighted by Gasteiger charge is -2.42. The van der Waals surface area contributed by atoms with Crippen LogP contribution in [0.15, 0.2) is 60.8 Å². The quantitative estimate of drug-likeness (QED) is 0.476. The highest BCUT2D eigenvalue weighted by Gasteiger charge is 2.43. The van der Waals surface area contributed by atoms with Gasteiger partial charge in [-0.1, -0.05) is 36.8 Å². The number of aromatic amines is 1. The van der Waals surface area contributed by atoms with E-state index >= 15 is 0 Å². The number of rotatable bonds is 3. The molecule has 150 valence electrons. The number of hydrogen-bond donors (Lipinski definition) is 1. The van der Waals surface area contributed by atoms with E-state index < -0.39 is 0 Å². The second-order valence-corrected chi connectivity index (χ2v) is 8.84. The number of nitrogens with zero attached hydrogens (tertiary/aromatic N) is 3. The zero-order valence-corrected chi connectivity index (χ0v) is 17.4. The molecule has 0 amide bonds. The van der Waals surface area contributed by atoms with E-state index in [0.717, 1.165) is 48.4 Å². The lowest BCUT2D eigenvalue weighted by Crippen LogP contribution is -2.37. The van der Waals surface area contributed by atoms with E-state index in [9.17, 15) is 0 Å². The van der Waals surface area contributed by atoms with Crippen molar-refractivity contribution >= 4 is 22.5 Å². The molecule has 3 heterocycles. The Bertz CT molecular complexity index is 1220. The average molecular weight is 395 g/mol. The predicted molar refractivity (Wildman–Crippen MR) is 121 cm³/mol. The molecule has 2 aromatic heterocycles. The van der Waals surface area contributed by atoms with Crippen molar-refractivity contribution in [2.75, 3.05) is 11.4 Å². The van der Waals surface area contributed by atoms with Crippen LogP contribution in [0.4, 0.5) is 11.4 Å². The van der Waals surface area contributed by atoms with Crippen LogP contribution in [-0.2, 0) is 11.8 Å². The van der Waals surface area contributed by atoms with Gasteiger partial charge in [0, 0.05) is 24.1 Å². The molecule has 1 aliphatic heterocycles. The Morgan fingerprint density at radius 1 is 1.00 bits per heavy atom. The maximum atomic E-state index is 4.92. The van der Waals surface area contributed by atoms with Crippen molar-refractivity contribution in [3.8, 4) is 0 Å². The van der Waals surface area contributed by atoms with E-state index in [4.69, 9.17) is 4.98 Å². The van der Waals surface area contributed by atoms with Gasteiger partial charge in [0.05, 0.1) is 10.9 Å². The molecule has 1 aliphatic carbocycles. The SMILES string of the molecule is Cc1cnc2nc(C3(c4ccc5c(c4)CCCN5c4ccccc4)CCC3)[nH]c2c1. The summed E-state index contributed by atoms with van der Waals surface area (Å²) in [6.07, 6.45) is 7.77. The summed E-state index contributed by atoms with van der Waals surface area (Å²) in [4.78, 5) is 15.5. The second kappa shape index (κ2) is 6.69. The summed E-state index contributed by atoms with van der Waals surface area (Å²) in [5.41, 5.74) is 8.53. The number of nitrogens with one attached hydrogen (secondary N) is 1. The van der Waals surface area contributed by atoms with Crippen LogP contribution in [-0.4, -0.2) is 21.5 Å². The van der Waals surface area contributed by atoms with Gasteiger partial charge in [-0.2, -0.15) is 0 Å². The summed E-state index contributed by atoms with van der Waals surface area (Å²) in [6.45, 7) is 3.16. The molecule has 2 aliphatic rings. The molecule has 4 nitrogen and oxygen atoms in total. The third-order valence-corrected chi connectivity index (χ3v) is 6.95. The Morgan fingerprint density at radius 2 is 1.87 bits per heavy atom. The number of aromatic nitrogens is 3. The van der Waals surface area contributed by atoms with Gasteiger partial charge in [-0.15, -0.1) is 0 Å². The van der Waals surface area contributed by atoms with Gasteiger partial charge in [0.2, 0.25) is 0 Å². The van der Waals surface area contributed by atoms with Crippen molar-refractivity contribution in [3.05, 3.63) is 83.3 Å². The first kappa shape index (κ1) is 17.7. The van der Waals surface area contributed by atoms with Gasteiger partial charge in [0.15, 0.2) is 5.65 Å². The Balaban J connectivity index is 1.42. The number of fused-ring (bicyclic) bond motifs is 2. The van der Waals surface area contributed by atoms with Gasteiger partial charge in [-0.05, 0) is 73.6 Å². The van der Waals surface area contributed by atoms with Gasteiger partial charge in [-0.3, -0.25) is 0 Å². The van der Waals surface area contributed by atoms with Gasteiger partial charge >= 0.3 is 0 Å². The molecule has 0 unspecified atom stereocenters. The molecule has 0 atom stereocenters. The number of hydrogen-bond acceptors (Lipinski definition) is 3. The molecular formula is C26H26N4. The molecule has 4 heteroatoms. The van der Waals surface area contributed by atoms with Gasteiger partial charge in [0.1, 0.15) is 5.82 Å². The van der Waals surface area contributed by atoms with Crippen molar-refractivity contribution in [2.45, 2.75) is 44.4 Å². The zero-order valence-electron chi connectivity index (χ0n) is 17.4. The summed E-state index contributed by atoms with van der Waals surface area (Å²) in [6, 6.07) is 20.0. The average Bonchev–Trinajstić information content (AvgIpc) is 3.16. The lowest BCUT2D eigenvalue weighted by molar-refractivity contribution is 0.287. The maximum Gasteiger partial charge on any atom is 0.177 e. The molecule has 0 bridgehead atoms. The molecule has 6 rings (SSSR count). The van der Waals surface area contributed by atoms with E-state index in [1.54, 1.807) is 0 Å². The van der Waals surface area contributed by atoms with Crippen molar-refractivity contribution in [1.29, 1.82) is 0 Å². The first-order chi connectivity index (χ1) is 14.7. The Hall–Kier alpha value is -3.14. The monoisotopic (exact) mass is 394 g/mol. The molecule has 30 heavy (non-hydrogen) atoms. The van der Waals surface area contributed by atoms with E-state index in [2.05, 4.69) is 76.4 Å². The van der Waals surface area contributed by atoms with E-state index in [0.29, 0.717) is 0 Å². The molecule has 1 saturated carbocycles. The molecule has 4 aromatic rings.